The quantitative estimate of drug-likeness (QED) is 0.870. The zero-order chi connectivity index (χ0) is 13.4. The fraction of sp³-hybridized carbons (Fsp3) is 0.231. The summed E-state index contributed by atoms with van der Waals surface area (Å²) in [7, 11) is 0. The van der Waals surface area contributed by atoms with E-state index in [2.05, 4.69) is 26.2 Å². The molecule has 19 heavy (non-hydrogen) atoms. The van der Waals surface area contributed by atoms with Crippen LogP contribution < -0.4 is 5.32 Å². The molecule has 0 spiro atoms. The van der Waals surface area contributed by atoms with Crippen LogP contribution >= 0.6 is 38.9 Å². The number of carbonyl (C=O) groups is 1. The first-order chi connectivity index (χ1) is 9.13. The van der Waals surface area contributed by atoms with Crippen molar-refractivity contribution < 1.29 is 4.79 Å². The number of nitrogens with zero attached hydrogens (tertiary/aromatic N) is 1. The minimum atomic E-state index is -0.170. The fourth-order valence-electron chi connectivity index (χ4n) is 2.08. The Labute approximate surface area is 128 Å². The number of aromatic nitrogens is 1. The van der Waals surface area contributed by atoms with Crippen LogP contribution in [0.4, 0.5) is 5.13 Å². The predicted octanol–water partition coefficient (Wildman–Crippen LogP) is 4.30. The molecular weight excluding hydrogens is 348 g/mol. The van der Waals surface area contributed by atoms with Gasteiger partial charge in [0.2, 0.25) is 0 Å². The van der Waals surface area contributed by atoms with Crippen LogP contribution in [0, 0.1) is 0 Å². The minimum absolute atomic E-state index is 0.170. The first-order valence-electron chi connectivity index (χ1n) is 5.88. The number of thiazole rings is 1. The number of anilines is 1. The van der Waals surface area contributed by atoms with Crippen molar-refractivity contribution in [2.24, 2.45) is 0 Å². The highest BCUT2D eigenvalue weighted by molar-refractivity contribution is 9.10. The van der Waals surface area contributed by atoms with E-state index in [0.29, 0.717) is 20.2 Å². The number of fused-ring (bicyclic) bond motifs is 1. The highest BCUT2D eigenvalue weighted by atomic mass is 79.9. The van der Waals surface area contributed by atoms with Gasteiger partial charge in [0.15, 0.2) is 5.13 Å². The van der Waals surface area contributed by atoms with Crippen molar-refractivity contribution in [1.29, 1.82) is 0 Å². The number of halogens is 2. The first-order valence-corrected chi connectivity index (χ1v) is 7.87. The number of rotatable bonds is 2. The third-order valence-corrected chi connectivity index (χ3v) is 4.96. The van der Waals surface area contributed by atoms with Crippen molar-refractivity contribution in [3.63, 3.8) is 0 Å². The Kier molecular flexibility index (Phi) is 3.60. The van der Waals surface area contributed by atoms with Gasteiger partial charge < -0.3 is 0 Å². The average Bonchev–Trinajstić information content (AvgIpc) is 2.89. The van der Waals surface area contributed by atoms with E-state index in [0.717, 1.165) is 18.5 Å². The minimum Gasteiger partial charge on any atom is -0.298 e. The molecule has 6 heteroatoms. The lowest BCUT2D eigenvalue weighted by Gasteiger charge is -2.04. The Morgan fingerprint density at radius 2 is 2.26 bits per heavy atom. The second-order valence-corrected chi connectivity index (χ2v) is 6.70. The van der Waals surface area contributed by atoms with Crippen LogP contribution in [-0.2, 0) is 12.8 Å². The van der Waals surface area contributed by atoms with Crippen LogP contribution in [-0.4, -0.2) is 10.9 Å². The van der Waals surface area contributed by atoms with Gasteiger partial charge in [-0.25, -0.2) is 4.98 Å². The summed E-state index contributed by atoms with van der Waals surface area (Å²) < 4.78 is 0.682. The van der Waals surface area contributed by atoms with Gasteiger partial charge in [-0.2, -0.15) is 0 Å². The highest BCUT2D eigenvalue weighted by Crippen LogP contribution is 2.31. The van der Waals surface area contributed by atoms with Gasteiger partial charge in [-0.3, -0.25) is 10.1 Å². The maximum absolute atomic E-state index is 12.2. The largest absolute Gasteiger partial charge is 0.298 e. The van der Waals surface area contributed by atoms with Gasteiger partial charge in [0, 0.05) is 14.4 Å². The van der Waals surface area contributed by atoms with Gasteiger partial charge in [-0.1, -0.05) is 11.6 Å². The van der Waals surface area contributed by atoms with Crippen LogP contribution in [0.3, 0.4) is 0 Å². The molecule has 0 fully saturated rings. The second-order valence-electron chi connectivity index (χ2n) is 4.32. The molecule has 1 aromatic heterocycles. The highest BCUT2D eigenvalue weighted by Gasteiger charge is 2.18. The zero-order valence-corrected chi connectivity index (χ0v) is 13.0. The van der Waals surface area contributed by atoms with Crippen molar-refractivity contribution in [3.8, 4) is 0 Å². The summed E-state index contributed by atoms with van der Waals surface area (Å²) in [6.07, 6.45) is 3.27. The van der Waals surface area contributed by atoms with Gasteiger partial charge in [-0.15, -0.1) is 11.3 Å². The summed E-state index contributed by atoms with van der Waals surface area (Å²) in [6, 6.07) is 5.10. The molecule has 1 aromatic carbocycles. The van der Waals surface area contributed by atoms with E-state index in [1.807, 2.05) is 0 Å². The zero-order valence-electron chi connectivity index (χ0n) is 9.87. The summed E-state index contributed by atoms with van der Waals surface area (Å²) in [4.78, 5) is 17.9. The van der Waals surface area contributed by atoms with E-state index in [1.54, 1.807) is 29.5 Å². The molecular formula is C13H10BrClN2OS. The SMILES string of the molecule is O=C(Nc1nc2c(s1)CCC2)c1ccc(Cl)cc1Br. The van der Waals surface area contributed by atoms with Crippen molar-refractivity contribution in [3.05, 3.63) is 43.8 Å². The standard InChI is InChI=1S/C13H10BrClN2OS/c14-9-6-7(15)4-5-8(9)12(18)17-13-16-10-2-1-3-11(10)19-13/h4-6H,1-3H2,(H,16,17,18). The van der Waals surface area contributed by atoms with E-state index in [9.17, 15) is 4.79 Å². The van der Waals surface area contributed by atoms with Gasteiger partial charge in [0.25, 0.3) is 5.91 Å². The molecule has 98 valence electrons. The van der Waals surface area contributed by atoms with Gasteiger partial charge in [-0.05, 0) is 53.4 Å². The summed E-state index contributed by atoms with van der Waals surface area (Å²) in [5, 5.41) is 4.11. The topological polar surface area (TPSA) is 42.0 Å². The summed E-state index contributed by atoms with van der Waals surface area (Å²) in [6.45, 7) is 0. The Hall–Kier alpha value is -0.910. The Morgan fingerprint density at radius 3 is 3.00 bits per heavy atom. The van der Waals surface area contributed by atoms with Crippen molar-refractivity contribution in [2.75, 3.05) is 5.32 Å². The third kappa shape index (κ3) is 2.68. The maximum atomic E-state index is 12.2. The molecule has 1 aliphatic carbocycles. The molecule has 0 radical (unpaired) electrons. The molecule has 0 aliphatic heterocycles. The lowest BCUT2D eigenvalue weighted by molar-refractivity contribution is 0.102. The second kappa shape index (κ2) is 5.23. The fourth-order valence-corrected chi connectivity index (χ4v) is 3.99. The average molecular weight is 358 g/mol. The van der Waals surface area contributed by atoms with Crippen molar-refractivity contribution in [1.82, 2.24) is 4.98 Å². The molecule has 3 rings (SSSR count). The van der Waals surface area contributed by atoms with Crippen LogP contribution in [0.2, 0.25) is 5.02 Å². The normalized spacial score (nSPS) is 13.4. The van der Waals surface area contributed by atoms with E-state index < -0.39 is 0 Å². The molecule has 2 aromatic rings. The lowest BCUT2D eigenvalue weighted by atomic mass is 10.2. The van der Waals surface area contributed by atoms with Gasteiger partial charge in [0.05, 0.1) is 11.3 Å². The van der Waals surface area contributed by atoms with Crippen LogP contribution in [0.15, 0.2) is 22.7 Å². The monoisotopic (exact) mass is 356 g/mol. The molecule has 0 saturated carbocycles. The number of hydrogen-bond acceptors (Lipinski definition) is 3. The molecule has 0 saturated heterocycles. The number of benzene rings is 1. The van der Waals surface area contributed by atoms with E-state index >= 15 is 0 Å². The molecule has 3 nitrogen and oxygen atoms in total. The van der Waals surface area contributed by atoms with Crippen LogP contribution in [0.5, 0.6) is 0 Å². The molecule has 0 atom stereocenters. The van der Waals surface area contributed by atoms with E-state index in [-0.39, 0.29) is 5.91 Å². The number of nitrogens with one attached hydrogen (secondary N) is 1. The number of aryl methyl sites for hydroxylation is 2. The lowest BCUT2D eigenvalue weighted by Crippen LogP contribution is -2.12. The van der Waals surface area contributed by atoms with Gasteiger partial charge in [0.1, 0.15) is 0 Å². The maximum Gasteiger partial charge on any atom is 0.258 e. The molecule has 0 unspecified atom stereocenters. The smallest absolute Gasteiger partial charge is 0.258 e. The van der Waals surface area contributed by atoms with Crippen molar-refractivity contribution in [2.45, 2.75) is 19.3 Å². The van der Waals surface area contributed by atoms with Gasteiger partial charge >= 0.3 is 0 Å². The Bertz CT molecular complexity index is 635. The molecule has 1 N–H and O–H groups in total. The number of hydrogen-bond donors (Lipinski definition) is 1. The van der Waals surface area contributed by atoms with Crippen LogP contribution in [0.1, 0.15) is 27.3 Å². The third-order valence-electron chi connectivity index (χ3n) is 2.99. The van der Waals surface area contributed by atoms with Crippen molar-refractivity contribution >= 4 is 49.9 Å². The molecule has 0 bridgehead atoms. The Morgan fingerprint density at radius 1 is 1.42 bits per heavy atom. The predicted molar refractivity (Wildman–Crippen MR) is 81.2 cm³/mol. The van der Waals surface area contributed by atoms with E-state index in [1.165, 1.54) is 11.3 Å². The summed E-state index contributed by atoms with van der Waals surface area (Å²) in [5.41, 5.74) is 1.69. The van der Waals surface area contributed by atoms with Crippen LogP contribution in [0.25, 0.3) is 0 Å². The molecule has 1 amide bonds. The summed E-state index contributed by atoms with van der Waals surface area (Å²) >= 11 is 10.8. The number of carbonyl (C=O) groups excluding carboxylic acids is 1. The molecule has 1 heterocycles. The Balaban J connectivity index is 1.80. The number of amides is 1. The van der Waals surface area contributed by atoms with E-state index in [4.69, 9.17) is 11.6 Å². The molecule has 1 aliphatic rings. The summed E-state index contributed by atoms with van der Waals surface area (Å²) in [5.74, 6) is -0.170. The first kappa shape index (κ1) is 13.1.